The summed E-state index contributed by atoms with van der Waals surface area (Å²) in [6, 6.07) is 0. The summed E-state index contributed by atoms with van der Waals surface area (Å²) in [6.45, 7) is 0. The number of alkyl halides is 12. The summed E-state index contributed by atoms with van der Waals surface area (Å²) in [7, 11) is 0. The first-order chi connectivity index (χ1) is 9.00. The first kappa shape index (κ1) is 19.7. The molecule has 0 fully saturated rings. The van der Waals surface area contributed by atoms with Crippen molar-refractivity contribution < 1.29 is 57.1 Å². The van der Waals surface area contributed by atoms with Crippen LogP contribution in [-0.4, -0.2) is 36.0 Å². The van der Waals surface area contributed by atoms with Gasteiger partial charge in [0, 0.05) is 5.92 Å². The molecule has 0 aliphatic carbocycles. The Hall–Kier alpha value is -1.35. The number of rotatable bonds is 5. The number of hydrogen-bond acceptors (Lipinski definition) is 0. The van der Waals surface area contributed by atoms with E-state index in [1.807, 2.05) is 0 Å². The third kappa shape index (κ3) is 2.59. The van der Waals surface area contributed by atoms with Gasteiger partial charge >= 0.3 is 36.0 Å². The number of halogens is 13. The third-order valence-corrected chi connectivity index (χ3v) is 2.08. The Morgan fingerprint density at radius 1 is 0.619 bits per heavy atom. The molecule has 124 valence electrons. The first-order valence-corrected chi connectivity index (χ1v) is 4.30. The van der Waals surface area contributed by atoms with Gasteiger partial charge in [-0.25, -0.2) is 8.78 Å². The van der Waals surface area contributed by atoms with Gasteiger partial charge in [-0.2, -0.15) is 43.9 Å². The Kier molecular flexibility index (Phi) is 4.80. The highest BCUT2D eigenvalue weighted by molar-refractivity contribution is 5.18. The van der Waals surface area contributed by atoms with Crippen LogP contribution in [0.15, 0.2) is 0 Å². The highest BCUT2D eigenvalue weighted by Gasteiger charge is 2.87. The molecule has 0 aromatic rings. The van der Waals surface area contributed by atoms with Crippen molar-refractivity contribution in [3.63, 3.8) is 0 Å². The van der Waals surface area contributed by atoms with Crippen LogP contribution < -0.4 is 0 Å². The Labute approximate surface area is 106 Å². The fourth-order valence-corrected chi connectivity index (χ4v) is 0.879. The number of hydrogen-bond donors (Lipinski definition) is 0. The van der Waals surface area contributed by atoms with Crippen LogP contribution in [-0.2, 0) is 0 Å². The van der Waals surface area contributed by atoms with Crippen molar-refractivity contribution in [1.82, 2.24) is 0 Å². The Morgan fingerprint density at radius 2 is 1.00 bits per heavy atom. The van der Waals surface area contributed by atoms with Gasteiger partial charge in [0.05, 0.1) is 0 Å². The summed E-state index contributed by atoms with van der Waals surface area (Å²) in [4.78, 5) is 0. The van der Waals surface area contributed by atoms with Crippen LogP contribution in [0.1, 0.15) is 0 Å². The highest BCUT2D eigenvalue weighted by Crippen LogP contribution is 2.57. The highest BCUT2D eigenvalue weighted by atomic mass is 19.4. The molecule has 0 atom stereocenters. The van der Waals surface area contributed by atoms with Crippen LogP contribution in [0, 0.1) is 12.1 Å². The van der Waals surface area contributed by atoms with Crippen LogP contribution in [0.3, 0.4) is 0 Å². The molecule has 0 unspecified atom stereocenters. The van der Waals surface area contributed by atoms with Crippen molar-refractivity contribution in [3.8, 4) is 12.1 Å². The first-order valence-electron chi connectivity index (χ1n) is 4.30. The predicted molar refractivity (Wildman–Crippen MR) is 39.6 cm³/mol. The van der Waals surface area contributed by atoms with E-state index in [0.29, 0.717) is 0 Å². The quantitative estimate of drug-likeness (QED) is 0.514. The standard InChI is InChI=1S/C8HF13/c9-2-1-4(12,13)6(16,17)8(20,21)7(18,19)5(14,15)3(10)11/h3H. The lowest BCUT2D eigenvalue weighted by Crippen LogP contribution is -2.68. The molecule has 0 saturated heterocycles. The second-order valence-corrected chi connectivity index (χ2v) is 3.44. The maximum Gasteiger partial charge on any atom is 0.390 e. The molecule has 0 aliphatic rings. The maximum absolute atomic E-state index is 12.7. The molecular weight excluding hydrogens is 343 g/mol. The summed E-state index contributed by atoms with van der Waals surface area (Å²) in [5, 5.41) is 0. The van der Waals surface area contributed by atoms with E-state index >= 15 is 0 Å². The largest absolute Gasteiger partial charge is 0.390 e. The summed E-state index contributed by atoms with van der Waals surface area (Å²) < 4.78 is 159. The lowest BCUT2D eigenvalue weighted by atomic mass is 9.95. The monoisotopic (exact) mass is 344 g/mol. The molecule has 0 heterocycles. The fraction of sp³-hybridized carbons (Fsp3) is 0.750. The van der Waals surface area contributed by atoms with E-state index < -0.39 is 48.1 Å². The fourth-order valence-electron chi connectivity index (χ4n) is 0.879. The zero-order valence-corrected chi connectivity index (χ0v) is 8.99. The molecule has 0 bridgehead atoms. The maximum atomic E-state index is 12.7. The van der Waals surface area contributed by atoms with Gasteiger partial charge in [-0.3, -0.25) is 0 Å². The molecule has 0 nitrogen and oxygen atoms in total. The van der Waals surface area contributed by atoms with Crippen molar-refractivity contribution in [2.24, 2.45) is 0 Å². The van der Waals surface area contributed by atoms with Crippen molar-refractivity contribution in [2.45, 2.75) is 36.0 Å². The van der Waals surface area contributed by atoms with Crippen LogP contribution in [0.4, 0.5) is 57.1 Å². The molecule has 0 radical (unpaired) electrons. The van der Waals surface area contributed by atoms with Gasteiger partial charge in [-0.1, -0.05) is 0 Å². The molecule has 0 amide bonds. The van der Waals surface area contributed by atoms with Gasteiger partial charge in [0.15, 0.2) is 0 Å². The topological polar surface area (TPSA) is 0 Å². The molecule has 0 rings (SSSR count). The molecular formula is C8HF13. The molecule has 0 saturated carbocycles. The van der Waals surface area contributed by atoms with Gasteiger partial charge in [0.25, 0.3) is 0 Å². The van der Waals surface area contributed by atoms with Crippen molar-refractivity contribution in [3.05, 3.63) is 0 Å². The summed E-state index contributed by atoms with van der Waals surface area (Å²) in [6.07, 6.45) is -6.07. The smallest absolute Gasteiger partial charge is 0.203 e. The molecule has 0 aromatic heterocycles. The molecule has 0 N–H and O–H groups in total. The Balaban J connectivity index is 6.12. The van der Waals surface area contributed by atoms with Crippen LogP contribution in [0.2, 0.25) is 0 Å². The third-order valence-electron chi connectivity index (χ3n) is 2.08. The minimum Gasteiger partial charge on any atom is -0.203 e. The van der Waals surface area contributed by atoms with Gasteiger partial charge in [0.1, 0.15) is 6.17 Å². The van der Waals surface area contributed by atoms with E-state index in [1.165, 1.54) is 0 Å². The summed E-state index contributed by atoms with van der Waals surface area (Å²) in [5.41, 5.74) is 0. The van der Waals surface area contributed by atoms with E-state index in [0.717, 1.165) is 0 Å². The van der Waals surface area contributed by atoms with Crippen molar-refractivity contribution >= 4 is 0 Å². The summed E-state index contributed by atoms with van der Waals surface area (Å²) >= 11 is 0. The Morgan fingerprint density at radius 3 is 1.29 bits per heavy atom. The normalized spacial score (nSPS) is 15.0. The van der Waals surface area contributed by atoms with E-state index in [-0.39, 0.29) is 0 Å². The zero-order chi connectivity index (χ0) is 17.5. The van der Waals surface area contributed by atoms with Crippen molar-refractivity contribution in [1.29, 1.82) is 0 Å². The van der Waals surface area contributed by atoms with Gasteiger partial charge < -0.3 is 0 Å². The minimum atomic E-state index is -7.67. The zero-order valence-electron chi connectivity index (χ0n) is 8.99. The van der Waals surface area contributed by atoms with Crippen LogP contribution in [0.5, 0.6) is 0 Å². The van der Waals surface area contributed by atoms with E-state index in [2.05, 4.69) is 0 Å². The predicted octanol–water partition coefficient (Wildman–Crippen LogP) is 4.36. The summed E-state index contributed by atoms with van der Waals surface area (Å²) in [5.74, 6) is -36.8. The molecule has 13 heteroatoms. The molecule has 0 aliphatic heterocycles. The lowest BCUT2D eigenvalue weighted by Gasteiger charge is -2.37. The minimum absolute atomic E-state index is 0.495. The van der Waals surface area contributed by atoms with Crippen molar-refractivity contribution in [2.75, 3.05) is 0 Å². The second-order valence-electron chi connectivity index (χ2n) is 3.44. The average molecular weight is 344 g/mol. The van der Waals surface area contributed by atoms with E-state index in [4.69, 9.17) is 0 Å². The lowest BCUT2D eigenvalue weighted by molar-refractivity contribution is -0.405. The van der Waals surface area contributed by atoms with Crippen LogP contribution >= 0.6 is 0 Å². The van der Waals surface area contributed by atoms with E-state index in [1.54, 1.807) is 0 Å². The molecule has 21 heavy (non-hydrogen) atoms. The van der Waals surface area contributed by atoms with Gasteiger partial charge in [-0.05, 0) is 0 Å². The van der Waals surface area contributed by atoms with Gasteiger partial charge in [-0.15, -0.1) is 4.39 Å². The van der Waals surface area contributed by atoms with Crippen LogP contribution in [0.25, 0.3) is 0 Å². The average Bonchev–Trinajstić information content (AvgIpc) is 2.27. The SMILES string of the molecule is FC#CC(F)(F)C(F)(F)C(F)(F)C(F)(F)C(F)(F)C(F)F. The van der Waals surface area contributed by atoms with E-state index in [9.17, 15) is 57.1 Å². The molecule has 0 aromatic carbocycles. The second kappa shape index (κ2) is 5.13. The van der Waals surface area contributed by atoms with Gasteiger partial charge in [0.2, 0.25) is 0 Å². The Bertz CT molecular complexity index is 437. The molecule has 0 spiro atoms.